The van der Waals surface area contributed by atoms with Gasteiger partial charge in [0.15, 0.2) is 23.2 Å². The van der Waals surface area contributed by atoms with Gasteiger partial charge in [0.25, 0.3) is 5.91 Å². The van der Waals surface area contributed by atoms with E-state index in [9.17, 15) is 9.59 Å². The van der Waals surface area contributed by atoms with Gasteiger partial charge in [-0.2, -0.15) is 0 Å². The van der Waals surface area contributed by atoms with Gasteiger partial charge in [-0.15, -0.1) is 11.3 Å². The number of carbonyl (C=O) groups excluding carboxylic acids is 2. The van der Waals surface area contributed by atoms with E-state index in [-0.39, 0.29) is 12.5 Å². The van der Waals surface area contributed by atoms with E-state index in [1.165, 1.54) is 29.6 Å². The average molecular weight is 425 g/mol. The monoisotopic (exact) mass is 424 g/mol. The summed E-state index contributed by atoms with van der Waals surface area (Å²) < 4.78 is 10.7. The molecule has 0 spiro atoms. The first-order valence-electron chi connectivity index (χ1n) is 9.58. The first-order valence-corrected chi connectivity index (χ1v) is 10.4. The first-order chi connectivity index (χ1) is 14.5. The molecule has 1 heterocycles. The summed E-state index contributed by atoms with van der Waals surface area (Å²) >= 11 is 1.44. The molecule has 1 amide bonds. The Morgan fingerprint density at radius 3 is 2.60 bits per heavy atom. The van der Waals surface area contributed by atoms with Gasteiger partial charge in [-0.1, -0.05) is 38.1 Å². The molecule has 0 saturated carbocycles. The van der Waals surface area contributed by atoms with Crippen LogP contribution < -0.4 is 14.8 Å². The van der Waals surface area contributed by atoms with E-state index < -0.39 is 0 Å². The standard InChI is InChI=1S/C23H24N2O4S/c1-15(2)18-7-4-16(5-8-18)10-19-12-24-23(30-19)25-22(27)14-29-20-9-6-17(13-26)11-21(20)28-3/h4-9,11-13,15H,10,14H2,1-3H3,(H,24,25,27). The van der Waals surface area contributed by atoms with Crippen LogP contribution in [0.4, 0.5) is 5.13 Å². The fourth-order valence-corrected chi connectivity index (χ4v) is 3.71. The fraction of sp³-hybridized carbons (Fsp3) is 0.261. The number of carbonyl (C=O) groups is 2. The number of thiazole rings is 1. The molecule has 0 bridgehead atoms. The van der Waals surface area contributed by atoms with Crippen molar-refractivity contribution < 1.29 is 19.1 Å². The Balaban J connectivity index is 1.54. The lowest BCUT2D eigenvalue weighted by Crippen LogP contribution is -2.20. The van der Waals surface area contributed by atoms with Crippen LogP contribution in [0.1, 0.15) is 46.1 Å². The maximum atomic E-state index is 12.2. The lowest BCUT2D eigenvalue weighted by Gasteiger charge is -2.10. The van der Waals surface area contributed by atoms with Crippen LogP contribution in [-0.2, 0) is 11.2 Å². The lowest BCUT2D eigenvalue weighted by molar-refractivity contribution is -0.118. The number of ether oxygens (including phenoxy) is 2. The highest BCUT2D eigenvalue weighted by Crippen LogP contribution is 2.28. The number of hydrogen-bond donors (Lipinski definition) is 1. The van der Waals surface area contributed by atoms with Crippen molar-refractivity contribution in [1.29, 1.82) is 0 Å². The highest BCUT2D eigenvalue weighted by molar-refractivity contribution is 7.15. The molecule has 30 heavy (non-hydrogen) atoms. The molecule has 0 fully saturated rings. The van der Waals surface area contributed by atoms with Crippen molar-refractivity contribution in [2.75, 3.05) is 19.0 Å². The van der Waals surface area contributed by atoms with Gasteiger partial charge in [-0.25, -0.2) is 4.98 Å². The number of nitrogens with zero attached hydrogens (tertiary/aromatic N) is 1. The Hall–Kier alpha value is -3.19. The van der Waals surface area contributed by atoms with Gasteiger partial charge in [0.2, 0.25) is 0 Å². The molecule has 0 aliphatic rings. The minimum absolute atomic E-state index is 0.192. The lowest BCUT2D eigenvalue weighted by atomic mass is 10.0. The number of methoxy groups -OCH3 is 1. The molecular formula is C23H24N2O4S. The van der Waals surface area contributed by atoms with E-state index >= 15 is 0 Å². The predicted octanol–water partition coefficient (Wildman–Crippen LogP) is 4.70. The maximum Gasteiger partial charge on any atom is 0.264 e. The molecule has 1 N–H and O–H groups in total. The Morgan fingerprint density at radius 2 is 1.93 bits per heavy atom. The van der Waals surface area contributed by atoms with Gasteiger partial charge >= 0.3 is 0 Å². The summed E-state index contributed by atoms with van der Waals surface area (Å²) in [6.07, 6.45) is 3.26. The van der Waals surface area contributed by atoms with Gasteiger partial charge in [-0.3, -0.25) is 14.9 Å². The van der Waals surface area contributed by atoms with Crippen LogP contribution in [0.5, 0.6) is 11.5 Å². The fourth-order valence-electron chi connectivity index (χ4n) is 2.84. The SMILES string of the molecule is COc1cc(C=O)ccc1OCC(=O)Nc1ncc(Cc2ccc(C(C)C)cc2)s1. The van der Waals surface area contributed by atoms with E-state index in [1.54, 1.807) is 24.4 Å². The van der Waals surface area contributed by atoms with Gasteiger partial charge in [0, 0.05) is 23.1 Å². The topological polar surface area (TPSA) is 77.5 Å². The van der Waals surface area contributed by atoms with Gasteiger partial charge < -0.3 is 9.47 Å². The third-order valence-corrected chi connectivity index (χ3v) is 5.42. The molecule has 0 unspecified atom stereocenters. The summed E-state index contributed by atoms with van der Waals surface area (Å²) in [5.74, 6) is 0.975. The Labute approximate surface area is 179 Å². The minimum atomic E-state index is -0.321. The summed E-state index contributed by atoms with van der Waals surface area (Å²) in [5.41, 5.74) is 2.99. The van der Waals surface area contributed by atoms with Crippen LogP contribution in [0.3, 0.4) is 0 Å². The molecule has 2 aromatic carbocycles. The van der Waals surface area contributed by atoms with E-state index in [0.29, 0.717) is 28.1 Å². The Morgan fingerprint density at radius 1 is 1.17 bits per heavy atom. The third kappa shape index (κ3) is 5.67. The van der Waals surface area contributed by atoms with Crippen LogP contribution in [0.25, 0.3) is 0 Å². The van der Waals surface area contributed by atoms with E-state index in [1.807, 2.05) is 0 Å². The van der Waals surface area contributed by atoms with Crippen molar-refractivity contribution in [3.8, 4) is 11.5 Å². The molecule has 0 aliphatic carbocycles. The second kappa shape index (κ2) is 10.0. The number of hydrogen-bond acceptors (Lipinski definition) is 6. The summed E-state index contributed by atoms with van der Waals surface area (Å²) in [4.78, 5) is 28.4. The summed E-state index contributed by atoms with van der Waals surface area (Å²) in [6.45, 7) is 4.16. The molecule has 156 valence electrons. The van der Waals surface area contributed by atoms with Crippen molar-refractivity contribution in [3.05, 3.63) is 70.2 Å². The van der Waals surface area contributed by atoms with Crippen LogP contribution in [0.15, 0.2) is 48.7 Å². The molecule has 3 rings (SSSR count). The zero-order chi connectivity index (χ0) is 21.5. The number of anilines is 1. The van der Waals surface area contributed by atoms with Crippen molar-refractivity contribution in [3.63, 3.8) is 0 Å². The molecule has 1 aromatic heterocycles. The van der Waals surface area contributed by atoms with E-state index in [2.05, 4.69) is 48.4 Å². The number of amides is 1. The largest absolute Gasteiger partial charge is 0.493 e. The molecule has 0 saturated heterocycles. The molecule has 0 aliphatic heterocycles. The molecule has 6 nitrogen and oxygen atoms in total. The normalized spacial score (nSPS) is 10.7. The smallest absolute Gasteiger partial charge is 0.264 e. The first kappa shape index (κ1) is 21.5. The maximum absolute atomic E-state index is 12.2. The van der Waals surface area contributed by atoms with E-state index in [4.69, 9.17) is 9.47 Å². The van der Waals surface area contributed by atoms with Gasteiger partial charge in [0.05, 0.1) is 7.11 Å². The van der Waals surface area contributed by atoms with Crippen molar-refractivity contribution in [2.24, 2.45) is 0 Å². The summed E-state index contributed by atoms with van der Waals surface area (Å²) in [5, 5.41) is 3.28. The predicted molar refractivity (Wildman–Crippen MR) is 118 cm³/mol. The number of benzene rings is 2. The third-order valence-electron chi connectivity index (χ3n) is 4.51. The Bertz CT molecular complexity index is 1010. The van der Waals surface area contributed by atoms with Gasteiger partial charge in [0.1, 0.15) is 6.29 Å². The van der Waals surface area contributed by atoms with Gasteiger partial charge in [-0.05, 0) is 35.2 Å². The van der Waals surface area contributed by atoms with Crippen LogP contribution in [-0.4, -0.2) is 30.9 Å². The quantitative estimate of drug-likeness (QED) is 0.504. The summed E-state index contributed by atoms with van der Waals surface area (Å²) in [7, 11) is 1.48. The number of aldehydes is 1. The van der Waals surface area contributed by atoms with Crippen molar-refractivity contribution >= 4 is 28.7 Å². The van der Waals surface area contributed by atoms with Crippen molar-refractivity contribution in [2.45, 2.75) is 26.2 Å². The zero-order valence-corrected chi connectivity index (χ0v) is 18.0. The molecule has 3 aromatic rings. The van der Waals surface area contributed by atoms with Crippen LogP contribution >= 0.6 is 11.3 Å². The highest BCUT2D eigenvalue weighted by Gasteiger charge is 2.11. The number of nitrogens with one attached hydrogen (secondary N) is 1. The average Bonchev–Trinajstić information content (AvgIpc) is 3.19. The molecule has 7 heteroatoms. The zero-order valence-electron chi connectivity index (χ0n) is 17.2. The highest BCUT2D eigenvalue weighted by atomic mass is 32.1. The molecular weight excluding hydrogens is 400 g/mol. The Kier molecular flexibility index (Phi) is 7.19. The van der Waals surface area contributed by atoms with Crippen molar-refractivity contribution in [1.82, 2.24) is 4.98 Å². The number of rotatable bonds is 9. The summed E-state index contributed by atoms with van der Waals surface area (Å²) in [6, 6.07) is 13.3. The minimum Gasteiger partial charge on any atom is -0.493 e. The molecule has 0 atom stereocenters. The second-order valence-electron chi connectivity index (χ2n) is 7.07. The van der Waals surface area contributed by atoms with Crippen LogP contribution in [0.2, 0.25) is 0 Å². The second-order valence-corrected chi connectivity index (χ2v) is 8.18. The number of aromatic nitrogens is 1. The van der Waals surface area contributed by atoms with E-state index in [0.717, 1.165) is 17.6 Å². The molecule has 0 radical (unpaired) electrons. The van der Waals surface area contributed by atoms with Crippen LogP contribution in [0, 0.1) is 0 Å².